The Morgan fingerprint density at radius 3 is 2.00 bits per heavy atom. The number of rotatable bonds is 6. The maximum atomic E-state index is 13.6. The molecule has 0 N–H and O–H groups in total. The van der Waals surface area contributed by atoms with E-state index in [1.54, 1.807) is 28.6 Å². The number of piperidine rings is 1. The first-order chi connectivity index (χ1) is 14.5. The molecule has 0 radical (unpaired) electrons. The third-order valence-corrected chi connectivity index (χ3v) is 7.67. The predicted molar refractivity (Wildman–Crippen MR) is 122 cm³/mol. The molecule has 1 fully saturated rings. The maximum absolute atomic E-state index is 13.6. The summed E-state index contributed by atoms with van der Waals surface area (Å²) in [6.45, 7) is 2.61. The first-order valence-electron chi connectivity index (χ1n) is 10.2. The number of benzene rings is 3. The zero-order valence-corrected chi connectivity index (χ0v) is 18.3. The highest BCUT2D eigenvalue weighted by Gasteiger charge is 2.34. The van der Waals surface area contributed by atoms with Crippen molar-refractivity contribution in [2.24, 2.45) is 0 Å². The van der Waals surface area contributed by atoms with Gasteiger partial charge in [0, 0.05) is 30.7 Å². The summed E-state index contributed by atoms with van der Waals surface area (Å²) in [5.74, 6) is 0. The standard InChI is InChI=1S/C24H25ClN2O2S/c25-21-11-13-24(14-12-21)30(28,29)27(22-9-5-2-6-10-22)23-15-17-26(18-16-23)19-20-7-3-1-4-8-20/h1-14,23H,15-19H2. The van der Waals surface area contributed by atoms with Crippen molar-refractivity contribution in [1.29, 1.82) is 0 Å². The molecule has 0 atom stereocenters. The fourth-order valence-electron chi connectivity index (χ4n) is 3.99. The van der Waals surface area contributed by atoms with E-state index < -0.39 is 10.0 Å². The summed E-state index contributed by atoms with van der Waals surface area (Å²) in [4.78, 5) is 2.66. The van der Waals surface area contributed by atoms with Gasteiger partial charge in [0.05, 0.1) is 10.6 Å². The summed E-state index contributed by atoms with van der Waals surface area (Å²) in [5.41, 5.74) is 1.98. The molecule has 4 rings (SSSR count). The van der Waals surface area contributed by atoms with Gasteiger partial charge in [-0.1, -0.05) is 60.1 Å². The van der Waals surface area contributed by atoms with E-state index in [9.17, 15) is 8.42 Å². The Morgan fingerprint density at radius 2 is 1.40 bits per heavy atom. The molecule has 0 amide bonds. The molecule has 0 unspecified atom stereocenters. The van der Waals surface area contributed by atoms with Crippen LogP contribution in [0.2, 0.25) is 5.02 Å². The van der Waals surface area contributed by atoms with E-state index in [1.165, 1.54) is 5.56 Å². The van der Waals surface area contributed by atoms with Crippen molar-refractivity contribution in [2.45, 2.75) is 30.3 Å². The lowest BCUT2D eigenvalue weighted by atomic mass is 10.0. The summed E-state index contributed by atoms with van der Waals surface area (Å²) < 4.78 is 28.8. The van der Waals surface area contributed by atoms with E-state index >= 15 is 0 Å². The zero-order valence-electron chi connectivity index (χ0n) is 16.7. The molecule has 4 nitrogen and oxygen atoms in total. The van der Waals surface area contributed by atoms with Gasteiger partial charge >= 0.3 is 0 Å². The van der Waals surface area contributed by atoms with Gasteiger partial charge in [0.2, 0.25) is 0 Å². The molecular weight excluding hydrogens is 416 g/mol. The summed E-state index contributed by atoms with van der Waals surface area (Å²) >= 11 is 5.98. The van der Waals surface area contributed by atoms with E-state index in [4.69, 9.17) is 11.6 Å². The van der Waals surface area contributed by atoms with E-state index in [0.717, 1.165) is 32.5 Å². The van der Waals surface area contributed by atoms with Crippen molar-refractivity contribution < 1.29 is 8.42 Å². The highest BCUT2D eigenvalue weighted by atomic mass is 35.5. The van der Waals surface area contributed by atoms with Gasteiger partial charge in [-0.05, 0) is 54.8 Å². The lowest BCUT2D eigenvalue weighted by molar-refractivity contribution is 0.206. The molecule has 0 aliphatic carbocycles. The summed E-state index contributed by atoms with van der Waals surface area (Å²) in [7, 11) is -3.69. The molecule has 0 saturated carbocycles. The van der Waals surface area contributed by atoms with Crippen LogP contribution in [0.3, 0.4) is 0 Å². The molecule has 0 aromatic heterocycles. The minimum absolute atomic E-state index is 0.0832. The van der Waals surface area contributed by atoms with Crippen LogP contribution < -0.4 is 4.31 Å². The van der Waals surface area contributed by atoms with Gasteiger partial charge in [0.25, 0.3) is 10.0 Å². The number of anilines is 1. The number of sulfonamides is 1. The Labute approximate surface area is 183 Å². The molecule has 1 aliphatic heterocycles. The van der Waals surface area contributed by atoms with Gasteiger partial charge in [-0.2, -0.15) is 0 Å². The second-order valence-electron chi connectivity index (χ2n) is 7.58. The number of likely N-dealkylation sites (tertiary alicyclic amines) is 1. The molecule has 1 heterocycles. The Balaban J connectivity index is 1.56. The molecule has 156 valence electrons. The zero-order chi connectivity index (χ0) is 21.0. The van der Waals surface area contributed by atoms with E-state index in [2.05, 4.69) is 29.2 Å². The Morgan fingerprint density at radius 1 is 0.833 bits per heavy atom. The largest absolute Gasteiger partial charge is 0.299 e. The lowest BCUT2D eigenvalue weighted by Crippen LogP contribution is -2.47. The van der Waals surface area contributed by atoms with Gasteiger partial charge in [0.1, 0.15) is 0 Å². The molecule has 3 aromatic carbocycles. The second kappa shape index (κ2) is 9.21. The van der Waals surface area contributed by atoms with Gasteiger partial charge in [-0.25, -0.2) is 8.42 Å². The third-order valence-electron chi connectivity index (χ3n) is 5.52. The maximum Gasteiger partial charge on any atom is 0.264 e. The van der Waals surface area contributed by atoms with Crippen LogP contribution in [0.1, 0.15) is 18.4 Å². The van der Waals surface area contributed by atoms with Crippen molar-refractivity contribution in [3.8, 4) is 0 Å². The van der Waals surface area contributed by atoms with Crippen LogP contribution in [0.15, 0.2) is 89.8 Å². The summed E-state index contributed by atoms with van der Waals surface area (Å²) in [5, 5.41) is 0.523. The molecular formula is C24H25ClN2O2S. The van der Waals surface area contributed by atoms with Gasteiger partial charge in [0.15, 0.2) is 0 Å². The van der Waals surface area contributed by atoms with E-state index in [0.29, 0.717) is 10.7 Å². The van der Waals surface area contributed by atoms with E-state index in [1.807, 2.05) is 36.4 Å². The number of para-hydroxylation sites is 1. The van der Waals surface area contributed by atoms with Crippen LogP contribution in [0.5, 0.6) is 0 Å². The van der Waals surface area contributed by atoms with Crippen LogP contribution in [0, 0.1) is 0 Å². The van der Waals surface area contributed by atoms with Crippen LogP contribution >= 0.6 is 11.6 Å². The molecule has 1 saturated heterocycles. The van der Waals surface area contributed by atoms with E-state index in [-0.39, 0.29) is 10.9 Å². The second-order valence-corrected chi connectivity index (χ2v) is 9.83. The van der Waals surface area contributed by atoms with Crippen LogP contribution in [0.25, 0.3) is 0 Å². The number of halogens is 1. The minimum Gasteiger partial charge on any atom is -0.299 e. The first-order valence-corrected chi connectivity index (χ1v) is 12.0. The van der Waals surface area contributed by atoms with Crippen molar-refractivity contribution in [1.82, 2.24) is 4.90 Å². The molecule has 30 heavy (non-hydrogen) atoms. The van der Waals surface area contributed by atoms with Crippen molar-refractivity contribution >= 4 is 27.3 Å². The average molecular weight is 441 g/mol. The number of nitrogens with zero attached hydrogens (tertiary/aromatic N) is 2. The topological polar surface area (TPSA) is 40.6 Å². The Hall–Kier alpha value is -2.34. The fourth-order valence-corrected chi connectivity index (χ4v) is 5.83. The lowest BCUT2D eigenvalue weighted by Gasteiger charge is -2.39. The smallest absolute Gasteiger partial charge is 0.264 e. The van der Waals surface area contributed by atoms with Gasteiger partial charge in [-0.15, -0.1) is 0 Å². The Bertz CT molecular complexity index is 1050. The summed E-state index contributed by atoms with van der Waals surface area (Å²) in [6.07, 6.45) is 1.57. The molecule has 3 aromatic rings. The number of hydrogen-bond acceptors (Lipinski definition) is 3. The average Bonchev–Trinajstić information content (AvgIpc) is 2.77. The highest BCUT2D eigenvalue weighted by molar-refractivity contribution is 7.92. The monoisotopic (exact) mass is 440 g/mol. The van der Waals surface area contributed by atoms with Crippen LogP contribution in [-0.4, -0.2) is 32.4 Å². The van der Waals surface area contributed by atoms with Crippen LogP contribution in [-0.2, 0) is 16.6 Å². The molecule has 0 spiro atoms. The molecule has 6 heteroatoms. The Kier molecular flexibility index (Phi) is 6.42. The van der Waals surface area contributed by atoms with Gasteiger partial charge in [-0.3, -0.25) is 9.21 Å². The van der Waals surface area contributed by atoms with Crippen molar-refractivity contribution in [3.05, 3.63) is 95.5 Å². The quantitative estimate of drug-likeness (QED) is 0.529. The number of hydrogen-bond donors (Lipinski definition) is 0. The van der Waals surface area contributed by atoms with Crippen molar-refractivity contribution in [2.75, 3.05) is 17.4 Å². The van der Waals surface area contributed by atoms with Crippen LogP contribution in [0.4, 0.5) is 5.69 Å². The van der Waals surface area contributed by atoms with Crippen molar-refractivity contribution in [3.63, 3.8) is 0 Å². The first kappa shape index (κ1) is 20.9. The summed E-state index contributed by atoms with van der Waals surface area (Å²) in [6, 6.07) is 26.1. The highest BCUT2D eigenvalue weighted by Crippen LogP contribution is 2.31. The molecule has 1 aliphatic rings. The molecule has 0 bridgehead atoms. The SMILES string of the molecule is O=S(=O)(c1ccc(Cl)cc1)N(c1ccccc1)C1CCN(Cc2ccccc2)CC1. The fraction of sp³-hybridized carbons (Fsp3) is 0.250. The normalized spacial score (nSPS) is 15.8. The predicted octanol–water partition coefficient (Wildman–Crippen LogP) is 5.20. The minimum atomic E-state index is -3.69. The third kappa shape index (κ3) is 4.69. The van der Waals surface area contributed by atoms with Gasteiger partial charge < -0.3 is 0 Å².